The van der Waals surface area contributed by atoms with Crippen molar-refractivity contribution in [2.75, 3.05) is 12.4 Å². The molecule has 1 aliphatic heterocycles. The number of nitrogens with zero attached hydrogens (tertiary/aromatic N) is 4. The minimum atomic E-state index is -0.199. The molecule has 1 N–H and O–H groups in total. The van der Waals surface area contributed by atoms with Crippen molar-refractivity contribution in [1.82, 2.24) is 19.7 Å². The number of hydrogen-bond acceptors (Lipinski definition) is 5. The standard InChI is InChI=1S/C25H24FN5O/c1-16-14-17(11-12-27-16)19-10-9-18(15-23(19)32-2)28-25-29-24-21(7-5-13-31(24)30-25)20-6-3-4-8-22(20)26/h3-4,6,8-12,14-15,21H,5,7,13H2,1-2H3,(H,28,30). The van der Waals surface area contributed by atoms with Crippen molar-refractivity contribution in [3.63, 3.8) is 0 Å². The summed E-state index contributed by atoms with van der Waals surface area (Å²) in [7, 11) is 1.66. The van der Waals surface area contributed by atoms with Gasteiger partial charge in [-0.05, 0) is 61.2 Å². The third-order valence-electron chi connectivity index (χ3n) is 5.82. The van der Waals surface area contributed by atoms with E-state index in [2.05, 4.69) is 15.4 Å². The van der Waals surface area contributed by atoms with E-state index in [9.17, 15) is 4.39 Å². The lowest BCUT2D eigenvalue weighted by Crippen LogP contribution is -2.18. The van der Waals surface area contributed by atoms with Crippen LogP contribution in [0, 0.1) is 12.7 Å². The quantitative estimate of drug-likeness (QED) is 0.456. The number of hydrogen-bond donors (Lipinski definition) is 1. The predicted octanol–water partition coefficient (Wildman–Crippen LogP) is 5.47. The number of benzene rings is 2. The maximum absolute atomic E-state index is 14.4. The summed E-state index contributed by atoms with van der Waals surface area (Å²) in [6, 6.07) is 16.8. The van der Waals surface area contributed by atoms with Gasteiger partial charge in [-0.3, -0.25) is 4.98 Å². The van der Waals surface area contributed by atoms with Gasteiger partial charge in [-0.2, -0.15) is 4.98 Å². The molecular formula is C25H24FN5O. The number of aromatic nitrogens is 4. The van der Waals surface area contributed by atoms with Crippen LogP contribution in [0.15, 0.2) is 60.8 Å². The molecule has 0 saturated heterocycles. The van der Waals surface area contributed by atoms with E-state index in [-0.39, 0.29) is 11.7 Å². The highest BCUT2D eigenvalue weighted by Crippen LogP contribution is 2.36. The summed E-state index contributed by atoms with van der Waals surface area (Å²) in [5.41, 5.74) is 4.47. The van der Waals surface area contributed by atoms with Gasteiger partial charge in [0, 0.05) is 41.7 Å². The Hall–Kier alpha value is -3.74. The molecule has 2 aromatic carbocycles. The van der Waals surface area contributed by atoms with Crippen molar-refractivity contribution in [3.05, 3.63) is 83.7 Å². The van der Waals surface area contributed by atoms with Crippen molar-refractivity contribution < 1.29 is 9.13 Å². The second-order valence-corrected chi connectivity index (χ2v) is 7.96. The van der Waals surface area contributed by atoms with Gasteiger partial charge in [0.1, 0.15) is 17.4 Å². The molecule has 2 aromatic heterocycles. The second kappa shape index (κ2) is 8.42. The van der Waals surface area contributed by atoms with Crippen LogP contribution in [0.5, 0.6) is 5.75 Å². The topological polar surface area (TPSA) is 64.9 Å². The molecule has 0 bridgehead atoms. The van der Waals surface area contributed by atoms with Crippen LogP contribution in [-0.4, -0.2) is 26.9 Å². The summed E-state index contributed by atoms with van der Waals surface area (Å²) in [5, 5.41) is 7.91. The summed E-state index contributed by atoms with van der Waals surface area (Å²) in [5.74, 6) is 1.74. The van der Waals surface area contributed by atoms with Gasteiger partial charge in [-0.25, -0.2) is 9.07 Å². The Balaban J connectivity index is 1.44. The zero-order valence-electron chi connectivity index (χ0n) is 18.0. The number of nitrogens with one attached hydrogen (secondary N) is 1. The first-order chi connectivity index (χ1) is 15.6. The number of methoxy groups -OCH3 is 1. The highest BCUT2D eigenvalue weighted by Gasteiger charge is 2.27. The molecule has 0 radical (unpaired) electrons. The first-order valence-electron chi connectivity index (χ1n) is 10.7. The van der Waals surface area contributed by atoms with Gasteiger partial charge in [0.25, 0.3) is 0 Å². The third kappa shape index (κ3) is 3.82. The molecule has 0 saturated carbocycles. The molecule has 5 rings (SSSR count). The predicted molar refractivity (Wildman–Crippen MR) is 122 cm³/mol. The zero-order chi connectivity index (χ0) is 22.1. The highest BCUT2D eigenvalue weighted by atomic mass is 19.1. The molecule has 0 amide bonds. The molecule has 6 nitrogen and oxygen atoms in total. The highest BCUT2D eigenvalue weighted by molar-refractivity contribution is 5.74. The smallest absolute Gasteiger partial charge is 0.246 e. The van der Waals surface area contributed by atoms with Crippen molar-refractivity contribution in [1.29, 1.82) is 0 Å². The van der Waals surface area contributed by atoms with Crippen LogP contribution in [0.25, 0.3) is 11.1 Å². The number of anilines is 2. The van der Waals surface area contributed by atoms with Crippen molar-refractivity contribution in [2.24, 2.45) is 0 Å². The maximum atomic E-state index is 14.4. The van der Waals surface area contributed by atoms with Crippen molar-refractivity contribution in [2.45, 2.75) is 32.2 Å². The lowest BCUT2D eigenvalue weighted by molar-refractivity contribution is 0.416. The number of halogens is 1. The monoisotopic (exact) mass is 429 g/mol. The van der Waals surface area contributed by atoms with E-state index in [1.165, 1.54) is 6.07 Å². The van der Waals surface area contributed by atoms with Gasteiger partial charge < -0.3 is 10.1 Å². The largest absolute Gasteiger partial charge is 0.496 e. The number of pyridine rings is 1. The zero-order valence-corrected chi connectivity index (χ0v) is 18.0. The molecule has 0 fully saturated rings. The molecular weight excluding hydrogens is 405 g/mol. The van der Waals surface area contributed by atoms with E-state index in [0.717, 1.165) is 53.5 Å². The Morgan fingerprint density at radius 2 is 2.00 bits per heavy atom. The molecule has 32 heavy (non-hydrogen) atoms. The summed E-state index contributed by atoms with van der Waals surface area (Å²) in [6.45, 7) is 2.74. The van der Waals surface area contributed by atoms with Gasteiger partial charge in [0.2, 0.25) is 5.95 Å². The fourth-order valence-electron chi connectivity index (χ4n) is 4.31. The normalized spacial score (nSPS) is 15.3. The van der Waals surface area contributed by atoms with E-state index < -0.39 is 0 Å². The van der Waals surface area contributed by atoms with E-state index in [1.807, 2.05) is 54.1 Å². The lowest BCUT2D eigenvalue weighted by Gasteiger charge is -2.22. The van der Waals surface area contributed by atoms with Gasteiger partial charge in [-0.15, -0.1) is 5.10 Å². The SMILES string of the molecule is COc1cc(Nc2nc3n(n2)CCCC3c2ccccc2F)ccc1-c1ccnc(C)c1. The summed E-state index contributed by atoms with van der Waals surface area (Å²) in [6.07, 6.45) is 3.58. The number of rotatable bonds is 5. The fraction of sp³-hybridized carbons (Fsp3) is 0.240. The molecule has 0 aliphatic carbocycles. The molecule has 1 atom stereocenters. The van der Waals surface area contributed by atoms with E-state index in [4.69, 9.17) is 9.72 Å². The molecule has 4 aromatic rings. The van der Waals surface area contributed by atoms with Crippen molar-refractivity contribution in [3.8, 4) is 16.9 Å². The summed E-state index contributed by atoms with van der Waals surface area (Å²) in [4.78, 5) is 8.98. The van der Waals surface area contributed by atoms with E-state index >= 15 is 0 Å². The molecule has 0 spiro atoms. The van der Waals surface area contributed by atoms with Crippen LogP contribution >= 0.6 is 0 Å². The molecule has 3 heterocycles. The minimum Gasteiger partial charge on any atom is -0.496 e. The minimum absolute atomic E-state index is 0.0974. The molecule has 1 unspecified atom stereocenters. The van der Waals surface area contributed by atoms with Crippen LogP contribution < -0.4 is 10.1 Å². The Morgan fingerprint density at radius 1 is 1.12 bits per heavy atom. The van der Waals surface area contributed by atoms with Gasteiger partial charge in [0.15, 0.2) is 0 Å². The third-order valence-corrected chi connectivity index (χ3v) is 5.82. The molecule has 1 aliphatic rings. The maximum Gasteiger partial charge on any atom is 0.246 e. The van der Waals surface area contributed by atoms with Crippen LogP contribution in [0.4, 0.5) is 16.0 Å². The first-order valence-corrected chi connectivity index (χ1v) is 10.7. The number of aryl methyl sites for hydroxylation is 2. The average molecular weight is 429 g/mol. The Labute approximate surface area is 186 Å². The summed E-state index contributed by atoms with van der Waals surface area (Å²) < 4.78 is 21.9. The van der Waals surface area contributed by atoms with Gasteiger partial charge >= 0.3 is 0 Å². The average Bonchev–Trinajstić information content (AvgIpc) is 3.22. The van der Waals surface area contributed by atoms with Gasteiger partial charge in [-0.1, -0.05) is 18.2 Å². The number of ether oxygens (including phenoxy) is 1. The Bertz CT molecular complexity index is 1270. The first kappa shape index (κ1) is 20.2. The van der Waals surface area contributed by atoms with E-state index in [1.54, 1.807) is 19.4 Å². The Morgan fingerprint density at radius 3 is 2.81 bits per heavy atom. The second-order valence-electron chi connectivity index (χ2n) is 7.96. The van der Waals surface area contributed by atoms with Crippen LogP contribution in [-0.2, 0) is 6.54 Å². The van der Waals surface area contributed by atoms with Crippen LogP contribution in [0.3, 0.4) is 0 Å². The van der Waals surface area contributed by atoms with E-state index in [0.29, 0.717) is 11.5 Å². The Kier molecular flexibility index (Phi) is 5.31. The van der Waals surface area contributed by atoms with Crippen molar-refractivity contribution >= 4 is 11.6 Å². The van der Waals surface area contributed by atoms with Crippen LogP contribution in [0.2, 0.25) is 0 Å². The number of fused-ring (bicyclic) bond motifs is 1. The molecule has 7 heteroatoms. The lowest BCUT2D eigenvalue weighted by atomic mass is 9.91. The summed E-state index contributed by atoms with van der Waals surface area (Å²) >= 11 is 0. The van der Waals surface area contributed by atoms with Gasteiger partial charge in [0.05, 0.1) is 7.11 Å². The fourth-order valence-corrected chi connectivity index (χ4v) is 4.31. The molecule has 162 valence electrons. The van der Waals surface area contributed by atoms with Crippen LogP contribution in [0.1, 0.15) is 35.8 Å².